The van der Waals surface area contributed by atoms with Crippen LogP contribution in [0.1, 0.15) is 76.3 Å². The van der Waals surface area contributed by atoms with Crippen LogP contribution in [0.2, 0.25) is 0 Å². The summed E-state index contributed by atoms with van der Waals surface area (Å²) in [6.07, 6.45) is 33.6. The molecule has 0 aromatic heterocycles. The Morgan fingerprint density at radius 2 is 1.44 bits per heavy atom. The zero-order valence-corrected chi connectivity index (χ0v) is 29.1. The number of likely N-dealkylation sites (tertiary alicyclic amines) is 1. The van der Waals surface area contributed by atoms with Gasteiger partial charge in [0.25, 0.3) is 0 Å². The number of esters is 3. The first kappa shape index (κ1) is 40.2. The molecule has 1 aliphatic rings. The summed E-state index contributed by atoms with van der Waals surface area (Å²) in [5.41, 5.74) is 0.795. The number of piperidine rings is 1. The quantitative estimate of drug-likeness (QED) is 0.0487. The number of methoxy groups -OCH3 is 1. The fraction of sp³-hybridized carbons (Fsp3) is 0.410. The van der Waals surface area contributed by atoms with Crippen LogP contribution in [0.4, 0.5) is 4.39 Å². The standard InChI is InChI=1S/C39H50FNO6S/c1-3-4-5-6-7-8-9-10-11-12-13-14-15-16-17-18-19-20-21-26-36(42)46-31-47-37(43)29-32-30-41(28-27-35(32)48)38(39(44)45-2)33-24-22-23-25-34(33)40/h4-5,7-8,10-11,13-14,16-17,19-20,22-25,29,35,38,48H,3,6,9,12,15,18,21,26-28,30-31H2,1-2H3/b5-4-,8-7-,11-10-,14-13-,17-16-,20-19-,32-29-/t35?,38-/m0/s1. The Morgan fingerprint density at radius 1 is 0.875 bits per heavy atom. The average molecular weight is 680 g/mol. The van der Waals surface area contributed by atoms with Gasteiger partial charge >= 0.3 is 17.9 Å². The van der Waals surface area contributed by atoms with Crippen molar-refractivity contribution in [3.05, 3.63) is 120 Å². The van der Waals surface area contributed by atoms with E-state index in [2.05, 4.69) is 80.3 Å². The predicted octanol–water partition coefficient (Wildman–Crippen LogP) is 8.49. The Morgan fingerprint density at radius 3 is 2.00 bits per heavy atom. The van der Waals surface area contributed by atoms with Crippen molar-refractivity contribution in [3.63, 3.8) is 0 Å². The molecule has 9 heteroatoms. The van der Waals surface area contributed by atoms with E-state index in [1.807, 2.05) is 12.2 Å². The third kappa shape index (κ3) is 16.7. The van der Waals surface area contributed by atoms with Crippen LogP contribution < -0.4 is 0 Å². The van der Waals surface area contributed by atoms with E-state index in [9.17, 15) is 18.8 Å². The summed E-state index contributed by atoms with van der Waals surface area (Å²) in [6, 6.07) is 5.05. The molecule has 1 aromatic rings. The van der Waals surface area contributed by atoms with Crippen molar-refractivity contribution in [1.82, 2.24) is 4.90 Å². The summed E-state index contributed by atoms with van der Waals surface area (Å²) in [4.78, 5) is 38.8. The van der Waals surface area contributed by atoms with Crippen molar-refractivity contribution in [2.24, 2.45) is 0 Å². The van der Waals surface area contributed by atoms with Crippen LogP contribution in [0.25, 0.3) is 0 Å². The number of benzene rings is 1. The molecule has 2 rings (SSSR count). The summed E-state index contributed by atoms with van der Waals surface area (Å²) >= 11 is 4.56. The molecule has 2 atom stereocenters. The zero-order valence-electron chi connectivity index (χ0n) is 28.2. The molecular formula is C39H50FNO6S. The van der Waals surface area contributed by atoms with Crippen LogP contribution in [0.15, 0.2) is 109 Å². The van der Waals surface area contributed by atoms with Gasteiger partial charge in [0.2, 0.25) is 6.79 Å². The molecule has 0 aliphatic carbocycles. The van der Waals surface area contributed by atoms with Gasteiger partial charge in [0.15, 0.2) is 0 Å². The fourth-order valence-electron chi connectivity index (χ4n) is 4.80. The molecule has 0 N–H and O–H groups in total. The highest BCUT2D eigenvalue weighted by Crippen LogP contribution is 2.31. The lowest BCUT2D eigenvalue weighted by molar-refractivity contribution is -0.163. The maximum Gasteiger partial charge on any atom is 0.333 e. The second-order valence-electron chi connectivity index (χ2n) is 11.0. The van der Waals surface area contributed by atoms with Crippen molar-refractivity contribution >= 4 is 30.5 Å². The highest BCUT2D eigenvalue weighted by atomic mass is 32.1. The molecular weight excluding hydrogens is 629 g/mol. The SMILES string of the molecule is CC/C=C\C/C=C\C/C=C\C/C=C\C/C=C\C/C=C\CCC(=O)OCOC(=O)/C=C1/CN([C@H](C(=O)OC)c2ccccc2F)CCC1S. The Labute approximate surface area is 291 Å². The van der Waals surface area contributed by atoms with Crippen LogP contribution in [-0.4, -0.2) is 55.1 Å². The third-order valence-corrected chi connectivity index (χ3v) is 7.92. The molecule has 1 unspecified atom stereocenters. The summed E-state index contributed by atoms with van der Waals surface area (Å²) in [7, 11) is 1.25. The Bertz CT molecular complexity index is 1350. The smallest absolute Gasteiger partial charge is 0.333 e. The number of carbonyl (C=O) groups excluding carboxylic acids is 3. The molecule has 0 bridgehead atoms. The summed E-state index contributed by atoms with van der Waals surface area (Å²) in [5, 5.41) is -0.253. The molecule has 0 radical (unpaired) electrons. The predicted molar refractivity (Wildman–Crippen MR) is 193 cm³/mol. The Hall–Kier alpha value is -3.95. The number of allylic oxidation sites excluding steroid dienone is 12. The van der Waals surface area contributed by atoms with E-state index in [4.69, 9.17) is 14.2 Å². The van der Waals surface area contributed by atoms with Crippen LogP contribution in [-0.2, 0) is 28.6 Å². The van der Waals surface area contributed by atoms with Crippen molar-refractivity contribution in [1.29, 1.82) is 0 Å². The van der Waals surface area contributed by atoms with Crippen LogP contribution in [0.5, 0.6) is 0 Å². The topological polar surface area (TPSA) is 82.1 Å². The maximum absolute atomic E-state index is 14.5. The second kappa shape index (κ2) is 25.1. The van der Waals surface area contributed by atoms with Gasteiger partial charge in [0, 0.05) is 36.4 Å². The minimum Gasteiger partial charge on any atom is -0.468 e. The first-order chi connectivity index (χ1) is 23.4. The number of carbonyl (C=O) groups is 3. The highest BCUT2D eigenvalue weighted by molar-refractivity contribution is 7.81. The number of hydrogen-bond donors (Lipinski definition) is 1. The number of halogens is 1. The van der Waals surface area contributed by atoms with Crippen molar-refractivity contribution in [2.45, 2.75) is 76.0 Å². The number of ether oxygens (including phenoxy) is 3. The van der Waals surface area contributed by atoms with Gasteiger partial charge in [-0.3, -0.25) is 9.69 Å². The third-order valence-electron chi connectivity index (χ3n) is 7.33. The van der Waals surface area contributed by atoms with Gasteiger partial charge < -0.3 is 14.2 Å². The first-order valence-corrected chi connectivity index (χ1v) is 17.1. The lowest BCUT2D eigenvalue weighted by Crippen LogP contribution is -2.42. The Balaban J connectivity index is 1.63. The molecule has 1 heterocycles. The molecule has 1 saturated heterocycles. The average Bonchev–Trinajstić information content (AvgIpc) is 3.08. The van der Waals surface area contributed by atoms with Crippen LogP contribution in [0, 0.1) is 5.82 Å². The van der Waals surface area contributed by atoms with Gasteiger partial charge in [-0.1, -0.05) is 98.0 Å². The number of thiol groups is 1. The van der Waals surface area contributed by atoms with Crippen LogP contribution in [0.3, 0.4) is 0 Å². The van der Waals surface area contributed by atoms with E-state index in [0.717, 1.165) is 38.5 Å². The van der Waals surface area contributed by atoms with Gasteiger partial charge in [-0.15, -0.1) is 0 Å². The highest BCUT2D eigenvalue weighted by Gasteiger charge is 2.34. The molecule has 7 nitrogen and oxygen atoms in total. The van der Waals surface area contributed by atoms with Gasteiger partial charge in [0.05, 0.1) is 7.11 Å². The molecule has 260 valence electrons. The number of hydrogen-bond acceptors (Lipinski definition) is 8. The number of rotatable bonds is 20. The zero-order chi connectivity index (χ0) is 34.8. The second-order valence-corrected chi connectivity index (χ2v) is 11.6. The van der Waals surface area contributed by atoms with Gasteiger partial charge in [-0.25, -0.2) is 14.0 Å². The van der Waals surface area contributed by atoms with Crippen LogP contribution >= 0.6 is 12.6 Å². The van der Waals surface area contributed by atoms with Gasteiger partial charge in [-0.05, 0) is 63.0 Å². The summed E-state index contributed by atoms with van der Waals surface area (Å²) in [6.45, 7) is 2.26. The molecule has 0 saturated carbocycles. The van der Waals surface area contributed by atoms with E-state index >= 15 is 0 Å². The molecule has 0 amide bonds. The van der Waals surface area contributed by atoms with E-state index in [1.54, 1.807) is 17.0 Å². The monoisotopic (exact) mass is 679 g/mol. The largest absolute Gasteiger partial charge is 0.468 e. The lowest BCUT2D eigenvalue weighted by atomic mass is 9.98. The minimum atomic E-state index is -0.974. The minimum absolute atomic E-state index is 0.166. The van der Waals surface area contributed by atoms with Crippen molar-refractivity contribution in [3.8, 4) is 0 Å². The van der Waals surface area contributed by atoms with Gasteiger partial charge in [0.1, 0.15) is 11.9 Å². The van der Waals surface area contributed by atoms with E-state index in [0.29, 0.717) is 25.0 Å². The Kier molecular flexibility index (Phi) is 21.0. The molecule has 1 aromatic carbocycles. The van der Waals surface area contributed by atoms with E-state index in [-0.39, 0.29) is 23.8 Å². The number of nitrogens with zero attached hydrogens (tertiary/aromatic N) is 1. The fourth-order valence-corrected chi connectivity index (χ4v) is 5.07. The lowest BCUT2D eigenvalue weighted by Gasteiger charge is -2.36. The molecule has 1 fully saturated rings. The molecule has 1 aliphatic heterocycles. The molecule has 48 heavy (non-hydrogen) atoms. The summed E-state index contributed by atoms with van der Waals surface area (Å²) in [5.74, 6) is -2.29. The molecule has 0 spiro atoms. The van der Waals surface area contributed by atoms with E-state index < -0.39 is 36.6 Å². The van der Waals surface area contributed by atoms with Crippen molar-refractivity contribution in [2.75, 3.05) is 27.0 Å². The van der Waals surface area contributed by atoms with Gasteiger partial charge in [-0.2, -0.15) is 12.6 Å². The van der Waals surface area contributed by atoms with Crippen molar-refractivity contribution < 1.29 is 33.0 Å². The maximum atomic E-state index is 14.5. The normalized spacial score (nSPS) is 17.5. The summed E-state index contributed by atoms with van der Waals surface area (Å²) < 4.78 is 29.6. The van der Waals surface area contributed by atoms with E-state index in [1.165, 1.54) is 25.3 Å². The first-order valence-electron chi connectivity index (χ1n) is 16.5.